The number of aromatic nitrogens is 3. The van der Waals surface area contributed by atoms with Crippen molar-refractivity contribution in [3.8, 4) is 5.75 Å². The number of unbranched alkanes of at least 4 members (excludes halogenated alkanes) is 4. The van der Waals surface area contributed by atoms with Gasteiger partial charge in [-0.25, -0.2) is 0 Å². The SMILES string of the molecule is CC(C)c1ccc(N(Cc2cnn(CCCCCCCO)c2)C(=O)C2CCCc3c(O)cccc32)cn1. The number of phenols is 1. The van der Waals surface area contributed by atoms with E-state index in [1.54, 1.807) is 12.3 Å². The van der Waals surface area contributed by atoms with Gasteiger partial charge in [0.25, 0.3) is 0 Å². The molecule has 7 heteroatoms. The van der Waals surface area contributed by atoms with Crippen LogP contribution in [0.2, 0.25) is 0 Å². The molecule has 4 rings (SSSR count). The molecule has 2 N–H and O–H groups in total. The van der Waals surface area contributed by atoms with Crippen LogP contribution >= 0.6 is 0 Å². The van der Waals surface area contributed by atoms with Gasteiger partial charge < -0.3 is 15.1 Å². The first-order valence-corrected chi connectivity index (χ1v) is 13.7. The van der Waals surface area contributed by atoms with E-state index in [2.05, 4.69) is 23.9 Å². The van der Waals surface area contributed by atoms with Gasteiger partial charge in [-0.15, -0.1) is 0 Å². The van der Waals surface area contributed by atoms with Crippen LogP contribution < -0.4 is 4.90 Å². The highest BCUT2D eigenvalue weighted by Gasteiger charge is 2.32. The Bertz CT molecular complexity index is 1160. The lowest BCUT2D eigenvalue weighted by Crippen LogP contribution is -2.36. The van der Waals surface area contributed by atoms with E-state index in [0.717, 1.165) is 86.0 Å². The molecule has 37 heavy (non-hydrogen) atoms. The molecule has 0 saturated carbocycles. The second-order valence-corrected chi connectivity index (χ2v) is 10.4. The number of carbonyl (C=O) groups is 1. The summed E-state index contributed by atoms with van der Waals surface area (Å²) >= 11 is 0. The van der Waals surface area contributed by atoms with Gasteiger partial charge in [0.15, 0.2) is 0 Å². The van der Waals surface area contributed by atoms with Crippen molar-refractivity contribution in [3.63, 3.8) is 0 Å². The van der Waals surface area contributed by atoms with E-state index >= 15 is 0 Å². The summed E-state index contributed by atoms with van der Waals surface area (Å²) < 4.78 is 1.96. The van der Waals surface area contributed by atoms with Crippen LogP contribution in [0.15, 0.2) is 48.9 Å². The van der Waals surface area contributed by atoms with Crippen LogP contribution in [0.5, 0.6) is 5.75 Å². The average molecular weight is 505 g/mol. The topological polar surface area (TPSA) is 91.5 Å². The number of anilines is 1. The number of carbonyl (C=O) groups excluding carboxylic acids is 1. The summed E-state index contributed by atoms with van der Waals surface area (Å²) in [7, 11) is 0. The molecule has 1 aromatic carbocycles. The third-order valence-corrected chi connectivity index (χ3v) is 7.29. The third kappa shape index (κ3) is 6.77. The van der Waals surface area contributed by atoms with Gasteiger partial charge in [-0.05, 0) is 67.3 Å². The summed E-state index contributed by atoms with van der Waals surface area (Å²) in [5, 5.41) is 23.9. The monoisotopic (exact) mass is 504 g/mol. The Morgan fingerprint density at radius 2 is 1.92 bits per heavy atom. The first kappa shape index (κ1) is 26.9. The fraction of sp³-hybridized carbons (Fsp3) is 0.500. The van der Waals surface area contributed by atoms with Gasteiger partial charge >= 0.3 is 0 Å². The zero-order valence-corrected chi connectivity index (χ0v) is 22.1. The van der Waals surface area contributed by atoms with E-state index in [0.29, 0.717) is 12.5 Å². The molecule has 1 unspecified atom stereocenters. The number of aliphatic hydroxyl groups is 1. The Morgan fingerprint density at radius 3 is 2.68 bits per heavy atom. The summed E-state index contributed by atoms with van der Waals surface area (Å²) in [5.41, 5.74) is 4.58. The Hall–Kier alpha value is -3.19. The number of benzene rings is 1. The molecule has 0 saturated heterocycles. The maximum atomic E-state index is 14.1. The number of hydrogen-bond donors (Lipinski definition) is 2. The lowest BCUT2D eigenvalue weighted by Gasteiger charge is -2.31. The number of pyridine rings is 1. The molecule has 0 radical (unpaired) electrons. The van der Waals surface area contributed by atoms with Crippen molar-refractivity contribution in [2.45, 2.75) is 90.1 Å². The van der Waals surface area contributed by atoms with Gasteiger partial charge in [0.1, 0.15) is 5.75 Å². The van der Waals surface area contributed by atoms with Crippen molar-refractivity contribution < 1.29 is 15.0 Å². The molecular weight excluding hydrogens is 464 g/mol. The molecule has 7 nitrogen and oxygen atoms in total. The molecular formula is C30H40N4O3. The average Bonchev–Trinajstić information content (AvgIpc) is 3.36. The molecule has 0 spiro atoms. The largest absolute Gasteiger partial charge is 0.508 e. The molecule has 0 aliphatic heterocycles. The summed E-state index contributed by atoms with van der Waals surface area (Å²) in [6, 6.07) is 9.51. The number of aryl methyl sites for hydroxylation is 1. The Labute approximate surface area is 220 Å². The number of hydrogen-bond acceptors (Lipinski definition) is 5. The maximum absolute atomic E-state index is 14.1. The minimum Gasteiger partial charge on any atom is -0.508 e. The van der Waals surface area contributed by atoms with Crippen molar-refractivity contribution in [1.29, 1.82) is 0 Å². The van der Waals surface area contributed by atoms with Gasteiger partial charge in [-0.2, -0.15) is 5.10 Å². The highest BCUT2D eigenvalue weighted by molar-refractivity contribution is 5.98. The van der Waals surface area contributed by atoms with Crippen molar-refractivity contribution in [1.82, 2.24) is 14.8 Å². The van der Waals surface area contributed by atoms with Crippen LogP contribution in [0.25, 0.3) is 0 Å². The van der Waals surface area contributed by atoms with Crippen molar-refractivity contribution >= 4 is 11.6 Å². The number of fused-ring (bicyclic) bond motifs is 1. The number of rotatable bonds is 12. The van der Waals surface area contributed by atoms with E-state index in [9.17, 15) is 9.90 Å². The second-order valence-electron chi connectivity index (χ2n) is 10.4. The standard InChI is InChI=1S/C30H40N4O3/c1-22(2)28-15-14-24(19-31-28)34(21-23-18-32-33(20-23)16-6-4-3-5-7-17-35)30(37)27-12-8-11-26-25(27)10-9-13-29(26)36/h9-10,13-15,18-20,22,27,35-36H,3-8,11-12,16-17,21H2,1-2H3. The van der Waals surface area contributed by atoms with Crippen LogP contribution in [-0.4, -0.2) is 37.5 Å². The second kappa shape index (κ2) is 12.9. The minimum absolute atomic E-state index is 0.0299. The fourth-order valence-corrected chi connectivity index (χ4v) is 5.18. The number of aliphatic hydroxyl groups excluding tert-OH is 1. The lowest BCUT2D eigenvalue weighted by molar-refractivity contribution is -0.120. The zero-order valence-electron chi connectivity index (χ0n) is 22.1. The molecule has 1 aliphatic carbocycles. The smallest absolute Gasteiger partial charge is 0.234 e. The number of aromatic hydroxyl groups is 1. The van der Waals surface area contributed by atoms with Gasteiger partial charge in [0, 0.05) is 30.6 Å². The van der Waals surface area contributed by atoms with E-state index in [1.165, 1.54) is 0 Å². The molecule has 1 amide bonds. The Kier molecular flexibility index (Phi) is 9.34. The molecule has 2 heterocycles. The first-order chi connectivity index (χ1) is 18.0. The van der Waals surface area contributed by atoms with E-state index in [-0.39, 0.29) is 24.2 Å². The third-order valence-electron chi connectivity index (χ3n) is 7.29. The van der Waals surface area contributed by atoms with Crippen LogP contribution in [0.3, 0.4) is 0 Å². The molecule has 198 valence electrons. The van der Waals surface area contributed by atoms with Gasteiger partial charge in [-0.3, -0.25) is 14.5 Å². The number of phenolic OH excluding ortho intramolecular Hbond substituents is 1. The van der Waals surface area contributed by atoms with Crippen LogP contribution in [0, 0.1) is 0 Å². The molecule has 0 bridgehead atoms. The van der Waals surface area contributed by atoms with Crippen LogP contribution in [0.1, 0.15) is 93.0 Å². The zero-order chi connectivity index (χ0) is 26.2. The van der Waals surface area contributed by atoms with Crippen molar-refractivity contribution in [3.05, 3.63) is 71.3 Å². The minimum atomic E-state index is -0.297. The maximum Gasteiger partial charge on any atom is 0.234 e. The predicted octanol–water partition coefficient (Wildman–Crippen LogP) is 5.70. The number of amides is 1. The molecule has 1 aliphatic rings. The van der Waals surface area contributed by atoms with E-state index in [1.807, 2.05) is 46.2 Å². The Morgan fingerprint density at radius 1 is 1.11 bits per heavy atom. The molecule has 0 fully saturated rings. The highest BCUT2D eigenvalue weighted by atomic mass is 16.3. The summed E-state index contributed by atoms with van der Waals surface area (Å²) in [6.07, 6.45) is 13.3. The summed E-state index contributed by atoms with van der Waals surface area (Å²) in [5.74, 6) is 0.326. The molecule has 1 atom stereocenters. The quantitative estimate of drug-likeness (QED) is 0.309. The number of nitrogens with zero attached hydrogens (tertiary/aromatic N) is 4. The summed E-state index contributed by atoms with van der Waals surface area (Å²) in [6.45, 7) is 5.74. The van der Waals surface area contributed by atoms with Crippen LogP contribution in [0.4, 0.5) is 5.69 Å². The van der Waals surface area contributed by atoms with E-state index < -0.39 is 0 Å². The lowest BCUT2D eigenvalue weighted by atomic mass is 9.81. The van der Waals surface area contributed by atoms with Crippen molar-refractivity contribution in [2.24, 2.45) is 0 Å². The van der Waals surface area contributed by atoms with Gasteiger partial charge in [0.2, 0.25) is 5.91 Å². The van der Waals surface area contributed by atoms with Crippen LogP contribution in [-0.2, 0) is 24.3 Å². The van der Waals surface area contributed by atoms with Gasteiger partial charge in [0.05, 0.1) is 30.5 Å². The first-order valence-electron chi connectivity index (χ1n) is 13.7. The van der Waals surface area contributed by atoms with E-state index in [4.69, 9.17) is 5.11 Å². The summed E-state index contributed by atoms with van der Waals surface area (Å²) in [4.78, 5) is 20.5. The van der Waals surface area contributed by atoms with Gasteiger partial charge in [-0.1, -0.05) is 45.2 Å². The predicted molar refractivity (Wildman–Crippen MR) is 146 cm³/mol. The molecule has 2 aromatic heterocycles. The molecule has 3 aromatic rings. The highest BCUT2D eigenvalue weighted by Crippen LogP contribution is 2.38. The Balaban J connectivity index is 1.53. The fourth-order valence-electron chi connectivity index (χ4n) is 5.18. The van der Waals surface area contributed by atoms with Crippen molar-refractivity contribution in [2.75, 3.05) is 11.5 Å². The normalized spacial score (nSPS) is 15.1.